The lowest BCUT2D eigenvalue weighted by Gasteiger charge is -2.17. The molecule has 2 nitrogen and oxygen atoms in total. The van der Waals surface area contributed by atoms with Gasteiger partial charge in [0.1, 0.15) is 5.82 Å². The van der Waals surface area contributed by atoms with Gasteiger partial charge in [0, 0.05) is 20.7 Å². The summed E-state index contributed by atoms with van der Waals surface area (Å²) < 4.78 is 14.7. The summed E-state index contributed by atoms with van der Waals surface area (Å²) in [6.45, 7) is 0. The Morgan fingerprint density at radius 1 is 1.30 bits per heavy atom. The summed E-state index contributed by atoms with van der Waals surface area (Å²) in [5.74, 6) is 5.84. The predicted octanol–water partition coefficient (Wildman–Crippen LogP) is 4.54. The van der Waals surface area contributed by atoms with E-state index < -0.39 is 0 Å². The average Bonchev–Trinajstić information content (AvgIpc) is 2.45. The first-order valence-corrected chi connectivity index (χ1v) is 8.06. The van der Waals surface area contributed by atoms with Crippen LogP contribution in [0.2, 0.25) is 5.02 Å². The average molecular weight is 376 g/mol. The van der Waals surface area contributed by atoms with Gasteiger partial charge in [-0.1, -0.05) is 39.7 Å². The molecule has 0 radical (unpaired) electrons. The van der Waals surface area contributed by atoms with Gasteiger partial charge in [0.05, 0.1) is 11.1 Å². The van der Waals surface area contributed by atoms with E-state index in [4.69, 9.17) is 17.4 Å². The zero-order chi connectivity index (χ0) is 14.5. The minimum Gasteiger partial charge on any atom is -0.271 e. The first kappa shape index (κ1) is 15.8. The fourth-order valence-corrected chi connectivity index (χ4v) is 3.43. The number of rotatable bonds is 5. The van der Waals surface area contributed by atoms with Gasteiger partial charge in [-0.25, -0.2) is 4.39 Å². The summed E-state index contributed by atoms with van der Waals surface area (Å²) in [7, 11) is 0. The molecular weight excluding hydrogens is 363 g/mol. The normalized spacial score (nSPS) is 12.4. The van der Waals surface area contributed by atoms with Crippen LogP contribution >= 0.6 is 39.3 Å². The number of hydrogen-bond acceptors (Lipinski definition) is 3. The Hall–Kier alpha value is -0.590. The van der Waals surface area contributed by atoms with Crippen LogP contribution in [0, 0.1) is 5.82 Å². The van der Waals surface area contributed by atoms with Gasteiger partial charge in [-0.15, -0.1) is 11.8 Å². The van der Waals surface area contributed by atoms with Crippen LogP contribution in [-0.4, -0.2) is 5.75 Å². The van der Waals surface area contributed by atoms with Crippen LogP contribution in [0.3, 0.4) is 0 Å². The maximum atomic E-state index is 13.9. The number of nitrogens with two attached hydrogens (primary N) is 1. The lowest BCUT2D eigenvalue weighted by atomic mass is 10.1. The van der Waals surface area contributed by atoms with Gasteiger partial charge in [-0.05, 0) is 30.3 Å². The molecule has 106 valence electrons. The molecule has 1 unspecified atom stereocenters. The maximum absolute atomic E-state index is 13.9. The van der Waals surface area contributed by atoms with Gasteiger partial charge in [-0.3, -0.25) is 11.3 Å². The Morgan fingerprint density at radius 3 is 2.75 bits per heavy atom. The molecule has 0 amide bonds. The third-order valence-electron chi connectivity index (χ3n) is 2.78. The molecule has 20 heavy (non-hydrogen) atoms. The highest BCUT2D eigenvalue weighted by Gasteiger charge is 2.15. The highest BCUT2D eigenvalue weighted by molar-refractivity contribution is 9.10. The maximum Gasteiger partial charge on any atom is 0.128 e. The van der Waals surface area contributed by atoms with E-state index >= 15 is 0 Å². The minimum atomic E-state index is -0.297. The summed E-state index contributed by atoms with van der Waals surface area (Å²) in [6.07, 6.45) is 0. The zero-order valence-corrected chi connectivity index (χ0v) is 13.6. The Balaban J connectivity index is 2.13. The van der Waals surface area contributed by atoms with Gasteiger partial charge < -0.3 is 0 Å². The fraction of sp³-hybridized carbons (Fsp3) is 0.143. The molecule has 0 saturated carbocycles. The number of hydrogen-bond donors (Lipinski definition) is 2. The van der Waals surface area contributed by atoms with E-state index in [-0.39, 0.29) is 11.9 Å². The third kappa shape index (κ3) is 3.96. The van der Waals surface area contributed by atoms with Crippen molar-refractivity contribution in [3.05, 3.63) is 63.3 Å². The van der Waals surface area contributed by atoms with E-state index in [0.717, 1.165) is 9.37 Å². The van der Waals surface area contributed by atoms with Crippen molar-refractivity contribution in [1.29, 1.82) is 0 Å². The zero-order valence-electron chi connectivity index (χ0n) is 10.4. The highest BCUT2D eigenvalue weighted by Crippen LogP contribution is 2.31. The van der Waals surface area contributed by atoms with Gasteiger partial charge in [-0.2, -0.15) is 0 Å². The van der Waals surface area contributed by atoms with E-state index in [1.165, 1.54) is 17.8 Å². The monoisotopic (exact) mass is 374 g/mol. The Labute approximate surface area is 135 Å². The Kier molecular flexibility index (Phi) is 5.86. The molecule has 0 heterocycles. The lowest BCUT2D eigenvalue weighted by molar-refractivity contribution is 0.546. The van der Waals surface area contributed by atoms with E-state index in [9.17, 15) is 4.39 Å². The predicted molar refractivity (Wildman–Crippen MR) is 86.3 cm³/mol. The van der Waals surface area contributed by atoms with Gasteiger partial charge in [0.2, 0.25) is 0 Å². The quantitative estimate of drug-likeness (QED) is 0.458. The molecule has 0 aliphatic heterocycles. The summed E-state index contributed by atoms with van der Waals surface area (Å²) in [5, 5.41) is 0.683. The van der Waals surface area contributed by atoms with Crippen LogP contribution < -0.4 is 11.3 Å². The minimum absolute atomic E-state index is 0.282. The van der Waals surface area contributed by atoms with Crippen LogP contribution in [0.25, 0.3) is 0 Å². The van der Waals surface area contributed by atoms with Gasteiger partial charge in [0.15, 0.2) is 0 Å². The standard InChI is InChI=1S/C14H13BrClFN2S/c15-9-5-6-12(17)10(7-9)13(19-18)8-20-14-4-2-1-3-11(14)16/h1-7,13,19H,8,18H2. The number of benzene rings is 2. The summed E-state index contributed by atoms with van der Waals surface area (Å²) >= 11 is 11.0. The SMILES string of the molecule is NNC(CSc1ccccc1Cl)c1cc(Br)ccc1F. The molecule has 0 bridgehead atoms. The first-order chi connectivity index (χ1) is 9.61. The van der Waals surface area contributed by atoms with Crippen molar-refractivity contribution in [3.8, 4) is 0 Å². The van der Waals surface area contributed by atoms with Crippen molar-refractivity contribution in [2.45, 2.75) is 10.9 Å². The Morgan fingerprint density at radius 2 is 2.05 bits per heavy atom. The highest BCUT2D eigenvalue weighted by atomic mass is 79.9. The second-order valence-electron chi connectivity index (χ2n) is 4.13. The fourth-order valence-electron chi connectivity index (χ4n) is 1.74. The molecule has 3 N–H and O–H groups in total. The molecule has 0 fully saturated rings. The number of thioether (sulfide) groups is 1. The molecule has 1 atom stereocenters. The van der Waals surface area contributed by atoms with Crippen molar-refractivity contribution in [2.75, 3.05) is 5.75 Å². The smallest absolute Gasteiger partial charge is 0.128 e. The molecule has 2 aromatic carbocycles. The molecule has 0 spiro atoms. The summed E-state index contributed by atoms with van der Waals surface area (Å²) in [6, 6.07) is 12.1. The van der Waals surface area contributed by atoms with E-state index in [1.54, 1.807) is 12.1 Å². The van der Waals surface area contributed by atoms with Gasteiger partial charge >= 0.3 is 0 Å². The van der Waals surface area contributed by atoms with Crippen molar-refractivity contribution in [1.82, 2.24) is 5.43 Å². The molecule has 2 aromatic rings. The molecule has 2 rings (SSSR count). The van der Waals surface area contributed by atoms with Crippen molar-refractivity contribution in [3.63, 3.8) is 0 Å². The number of hydrazine groups is 1. The molecular formula is C14H13BrClFN2S. The summed E-state index contributed by atoms with van der Waals surface area (Å²) in [5.41, 5.74) is 3.18. The van der Waals surface area contributed by atoms with Crippen molar-refractivity contribution < 1.29 is 4.39 Å². The molecule has 6 heteroatoms. The lowest BCUT2D eigenvalue weighted by Crippen LogP contribution is -2.30. The van der Waals surface area contributed by atoms with Gasteiger partial charge in [0.25, 0.3) is 0 Å². The molecule has 0 aliphatic rings. The van der Waals surface area contributed by atoms with E-state index in [2.05, 4.69) is 21.4 Å². The van der Waals surface area contributed by atoms with E-state index in [0.29, 0.717) is 16.3 Å². The van der Waals surface area contributed by atoms with E-state index in [1.807, 2.05) is 24.3 Å². The second-order valence-corrected chi connectivity index (χ2v) is 6.51. The van der Waals surface area contributed by atoms with Crippen LogP contribution in [0.15, 0.2) is 51.8 Å². The summed E-state index contributed by atoms with van der Waals surface area (Å²) in [4.78, 5) is 0.949. The van der Waals surface area contributed by atoms with Crippen LogP contribution in [0.1, 0.15) is 11.6 Å². The van der Waals surface area contributed by atoms with Crippen molar-refractivity contribution >= 4 is 39.3 Å². The molecule has 0 aliphatic carbocycles. The van der Waals surface area contributed by atoms with Crippen molar-refractivity contribution in [2.24, 2.45) is 5.84 Å². The second kappa shape index (κ2) is 7.43. The number of nitrogens with one attached hydrogen (secondary N) is 1. The van der Waals surface area contributed by atoms with Crippen LogP contribution in [-0.2, 0) is 0 Å². The Bertz CT molecular complexity index is 597. The molecule has 0 aromatic heterocycles. The first-order valence-electron chi connectivity index (χ1n) is 5.90. The topological polar surface area (TPSA) is 38.0 Å². The molecule has 0 saturated heterocycles. The number of halogens is 3. The third-order valence-corrected chi connectivity index (χ3v) is 4.88. The van der Waals surface area contributed by atoms with Crippen LogP contribution in [0.5, 0.6) is 0 Å². The largest absolute Gasteiger partial charge is 0.271 e. The van der Waals surface area contributed by atoms with Crippen LogP contribution in [0.4, 0.5) is 4.39 Å².